The number of hydrogen-bond acceptors (Lipinski definition) is 3. The molecule has 0 bridgehead atoms. The van der Waals surface area contributed by atoms with E-state index in [2.05, 4.69) is 9.97 Å². The van der Waals surface area contributed by atoms with Gasteiger partial charge < -0.3 is 5.11 Å². The molecule has 70 valence electrons. The lowest BCUT2D eigenvalue weighted by atomic mass is 9.93. The van der Waals surface area contributed by atoms with E-state index in [1.165, 1.54) is 6.33 Å². The minimum absolute atomic E-state index is 0.0829. The molecule has 0 aliphatic carbocycles. The van der Waals surface area contributed by atoms with Gasteiger partial charge in [-0.15, -0.1) is 0 Å². The predicted octanol–water partition coefficient (Wildman–Crippen LogP) is 1.30. The number of aromatic nitrogens is 2. The van der Waals surface area contributed by atoms with Crippen LogP contribution in [0, 0.1) is 5.92 Å². The first kappa shape index (κ1) is 9.64. The maximum atomic E-state index is 10.7. The Kier molecular flexibility index (Phi) is 2.95. The second-order valence-electron chi connectivity index (χ2n) is 3.05. The van der Waals surface area contributed by atoms with Gasteiger partial charge in [-0.2, -0.15) is 0 Å². The van der Waals surface area contributed by atoms with Crippen LogP contribution in [0.25, 0.3) is 0 Å². The van der Waals surface area contributed by atoms with Gasteiger partial charge in [0.05, 0.1) is 5.92 Å². The number of carbonyl (C=O) groups is 1. The number of aliphatic carboxylic acids is 1. The predicted molar refractivity (Wildman–Crippen MR) is 47.2 cm³/mol. The summed E-state index contributed by atoms with van der Waals surface area (Å²) in [6.45, 7) is 3.52. The second-order valence-corrected chi connectivity index (χ2v) is 3.05. The van der Waals surface area contributed by atoms with E-state index >= 15 is 0 Å². The van der Waals surface area contributed by atoms with E-state index in [0.717, 1.165) is 5.69 Å². The summed E-state index contributed by atoms with van der Waals surface area (Å²) < 4.78 is 0. The number of rotatable bonds is 3. The van der Waals surface area contributed by atoms with Crippen LogP contribution in [0.4, 0.5) is 0 Å². The molecule has 1 heterocycles. The highest BCUT2D eigenvalue weighted by molar-refractivity contribution is 5.70. The van der Waals surface area contributed by atoms with Crippen LogP contribution < -0.4 is 0 Å². The summed E-state index contributed by atoms with van der Waals surface area (Å²) in [6, 6.07) is 1.74. The standard InChI is InChI=1S/C9H12N2O2/c1-6(7(2)9(12)13)8-3-4-10-5-11-8/h3-7H,1-2H3,(H,12,13). The van der Waals surface area contributed by atoms with E-state index in [9.17, 15) is 4.79 Å². The molecular formula is C9H12N2O2. The highest BCUT2D eigenvalue weighted by Gasteiger charge is 2.21. The fourth-order valence-corrected chi connectivity index (χ4v) is 1.04. The Balaban J connectivity index is 2.79. The van der Waals surface area contributed by atoms with Crippen molar-refractivity contribution in [3.05, 3.63) is 24.3 Å². The quantitative estimate of drug-likeness (QED) is 0.761. The van der Waals surface area contributed by atoms with Crippen LogP contribution in [0.3, 0.4) is 0 Å². The van der Waals surface area contributed by atoms with Gasteiger partial charge in [0.1, 0.15) is 6.33 Å². The molecule has 4 nitrogen and oxygen atoms in total. The van der Waals surface area contributed by atoms with E-state index in [1.807, 2.05) is 6.92 Å². The zero-order valence-corrected chi connectivity index (χ0v) is 7.64. The lowest BCUT2D eigenvalue weighted by molar-refractivity contribution is -0.141. The van der Waals surface area contributed by atoms with Gasteiger partial charge in [-0.1, -0.05) is 13.8 Å². The van der Waals surface area contributed by atoms with Crippen LogP contribution in [0.5, 0.6) is 0 Å². The van der Waals surface area contributed by atoms with Crippen LogP contribution in [0.2, 0.25) is 0 Å². The van der Waals surface area contributed by atoms with Crippen LogP contribution in [0.1, 0.15) is 25.5 Å². The van der Waals surface area contributed by atoms with E-state index < -0.39 is 11.9 Å². The highest BCUT2D eigenvalue weighted by atomic mass is 16.4. The van der Waals surface area contributed by atoms with Gasteiger partial charge >= 0.3 is 5.97 Å². The van der Waals surface area contributed by atoms with Gasteiger partial charge in [0.25, 0.3) is 0 Å². The molecule has 13 heavy (non-hydrogen) atoms. The molecule has 0 aromatic carbocycles. The summed E-state index contributed by atoms with van der Waals surface area (Å²) in [5.74, 6) is -1.30. The molecular weight excluding hydrogens is 168 g/mol. The molecule has 0 saturated carbocycles. The fourth-order valence-electron chi connectivity index (χ4n) is 1.04. The summed E-state index contributed by atoms with van der Waals surface area (Å²) in [7, 11) is 0. The Bertz CT molecular complexity index is 287. The minimum atomic E-state index is -0.800. The van der Waals surface area contributed by atoms with Crippen LogP contribution in [-0.2, 0) is 4.79 Å². The molecule has 1 aromatic heterocycles. The SMILES string of the molecule is CC(C(=O)O)C(C)c1ccncn1. The molecule has 0 amide bonds. The summed E-state index contributed by atoms with van der Waals surface area (Å²) in [5.41, 5.74) is 0.768. The third-order valence-electron chi connectivity index (χ3n) is 2.21. The van der Waals surface area contributed by atoms with Crippen molar-refractivity contribution in [3.8, 4) is 0 Å². The molecule has 0 saturated heterocycles. The zero-order valence-electron chi connectivity index (χ0n) is 7.64. The first-order valence-electron chi connectivity index (χ1n) is 4.11. The summed E-state index contributed by atoms with van der Waals surface area (Å²) in [5, 5.41) is 8.77. The average molecular weight is 180 g/mol. The lowest BCUT2D eigenvalue weighted by Gasteiger charge is -2.14. The van der Waals surface area contributed by atoms with Crippen molar-refractivity contribution in [2.45, 2.75) is 19.8 Å². The monoisotopic (exact) mass is 180 g/mol. The molecule has 0 spiro atoms. The van der Waals surface area contributed by atoms with Crippen LogP contribution in [0.15, 0.2) is 18.6 Å². The van der Waals surface area contributed by atoms with Gasteiger partial charge in [0, 0.05) is 17.8 Å². The largest absolute Gasteiger partial charge is 0.481 e. The van der Waals surface area contributed by atoms with Gasteiger partial charge in [0.2, 0.25) is 0 Å². The Morgan fingerprint density at radius 3 is 2.69 bits per heavy atom. The van der Waals surface area contributed by atoms with Gasteiger partial charge in [-0.05, 0) is 6.07 Å². The van der Waals surface area contributed by atoms with Crippen molar-refractivity contribution in [1.29, 1.82) is 0 Å². The zero-order chi connectivity index (χ0) is 9.84. The molecule has 1 aromatic rings. The first-order valence-corrected chi connectivity index (χ1v) is 4.11. The Hall–Kier alpha value is -1.45. The maximum absolute atomic E-state index is 10.7. The van der Waals surface area contributed by atoms with E-state index in [-0.39, 0.29) is 5.92 Å². The minimum Gasteiger partial charge on any atom is -0.481 e. The third-order valence-corrected chi connectivity index (χ3v) is 2.21. The molecule has 1 rings (SSSR count). The van der Waals surface area contributed by atoms with Crippen molar-refractivity contribution in [1.82, 2.24) is 9.97 Å². The van der Waals surface area contributed by atoms with Crippen molar-refractivity contribution >= 4 is 5.97 Å². The molecule has 0 fully saturated rings. The molecule has 0 radical (unpaired) electrons. The fraction of sp³-hybridized carbons (Fsp3) is 0.444. The molecule has 1 N–H and O–H groups in total. The Morgan fingerprint density at radius 1 is 1.54 bits per heavy atom. The number of nitrogens with zero attached hydrogens (tertiary/aromatic N) is 2. The molecule has 4 heteroatoms. The summed E-state index contributed by atoms with van der Waals surface area (Å²) in [6.07, 6.45) is 3.05. The van der Waals surface area contributed by atoms with Gasteiger partial charge in [-0.25, -0.2) is 9.97 Å². The van der Waals surface area contributed by atoms with E-state index in [0.29, 0.717) is 0 Å². The number of carboxylic acid groups (broad SMARTS) is 1. The molecule has 2 unspecified atom stereocenters. The van der Waals surface area contributed by atoms with Crippen molar-refractivity contribution in [2.24, 2.45) is 5.92 Å². The second kappa shape index (κ2) is 3.98. The summed E-state index contributed by atoms with van der Waals surface area (Å²) >= 11 is 0. The van der Waals surface area contributed by atoms with E-state index in [1.54, 1.807) is 19.2 Å². The Labute approximate surface area is 76.7 Å². The average Bonchev–Trinajstić information content (AvgIpc) is 2.17. The molecule has 2 atom stereocenters. The van der Waals surface area contributed by atoms with Gasteiger partial charge in [0.15, 0.2) is 0 Å². The number of carboxylic acids is 1. The van der Waals surface area contributed by atoms with Crippen molar-refractivity contribution < 1.29 is 9.90 Å². The topological polar surface area (TPSA) is 63.1 Å². The first-order chi connectivity index (χ1) is 6.13. The normalized spacial score (nSPS) is 14.9. The molecule has 0 aliphatic heterocycles. The number of hydrogen-bond donors (Lipinski definition) is 1. The van der Waals surface area contributed by atoms with Gasteiger partial charge in [-0.3, -0.25) is 4.79 Å². The van der Waals surface area contributed by atoms with E-state index in [4.69, 9.17) is 5.11 Å². The summed E-state index contributed by atoms with van der Waals surface area (Å²) in [4.78, 5) is 18.5. The maximum Gasteiger partial charge on any atom is 0.306 e. The van der Waals surface area contributed by atoms with Crippen molar-refractivity contribution in [3.63, 3.8) is 0 Å². The van der Waals surface area contributed by atoms with Crippen LogP contribution in [-0.4, -0.2) is 21.0 Å². The molecule has 0 aliphatic rings. The smallest absolute Gasteiger partial charge is 0.306 e. The third kappa shape index (κ3) is 2.24. The lowest BCUT2D eigenvalue weighted by Crippen LogP contribution is -2.17. The van der Waals surface area contributed by atoms with Crippen molar-refractivity contribution in [2.75, 3.05) is 0 Å². The highest BCUT2D eigenvalue weighted by Crippen LogP contribution is 2.21. The van der Waals surface area contributed by atoms with Crippen LogP contribution >= 0.6 is 0 Å². The Morgan fingerprint density at radius 2 is 2.23 bits per heavy atom.